The highest BCUT2D eigenvalue weighted by Gasteiger charge is 2.37. The number of nitrogens with zero attached hydrogens (tertiary/aromatic N) is 2. The summed E-state index contributed by atoms with van der Waals surface area (Å²) in [6.07, 6.45) is 3.30. The van der Waals surface area contributed by atoms with Gasteiger partial charge in [-0.1, -0.05) is 6.07 Å². The summed E-state index contributed by atoms with van der Waals surface area (Å²) in [5, 5.41) is 3.20. The lowest BCUT2D eigenvalue weighted by Crippen LogP contribution is -2.48. The van der Waals surface area contributed by atoms with Crippen LogP contribution >= 0.6 is 0 Å². The van der Waals surface area contributed by atoms with Gasteiger partial charge in [0.05, 0.1) is 13.2 Å². The molecule has 1 N–H and O–H groups in total. The van der Waals surface area contributed by atoms with Crippen LogP contribution in [0.3, 0.4) is 0 Å². The lowest BCUT2D eigenvalue weighted by molar-refractivity contribution is 0.0563. The third-order valence-electron chi connectivity index (χ3n) is 4.11. The molecule has 0 bridgehead atoms. The molecule has 0 aliphatic carbocycles. The van der Waals surface area contributed by atoms with Crippen molar-refractivity contribution in [3.8, 4) is 0 Å². The number of aryl methyl sites for hydroxylation is 1. The van der Waals surface area contributed by atoms with Gasteiger partial charge in [-0.05, 0) is 18.6 Å². The Bertz CT molecular complexity index is 863. The molecule has 0 aromatic carbocycles. The van der Waals surface area contributed by atoms with E-state index in [1.807, 2.05) is 6.07 Å². The maximum Gasteiger partial charge on any atom is 0.373 e. The average Bonchev–Trinajstić information content (AvgIpc) is 3.04. The monoisotopic (exact) mass is 365 g/mol. The highest BCUT2D eigenvalue weighted by atomic mass is 32.2. The third kappa shape index (κ3) is 3.30. The Kier molecular flexibility index (Phi) is 4.89. The van der Waals surface area contributed by atoms with Crippen LogP contribution in [0.1, 0.15) is 27.9 Å². The smallest absolute Gasteiger partial charge is 0.373 e. The number of nitrogens with one attached hydrogen (secondary N) is 1. The number of ether oxygens (including phenoxy) is 1. The zero-order chi connectivity index (χ0) is 18.0. The van der Waals surface area contributed by atoms with E-state index in [-0.39, 0.29) is 22.5 Å². The summed E-state index contributed by atoms with van der Waals surface area (Å²) in [4.78, 5) is 15.7. The molecule has 25 heavy (non-hydrogen) atoms. The van der Waals surface area contributed by atoms with E-state index in [9.17, 15) is 13.2 Å². The second kappa shape index (κ2) is 6.95. The molecule has 1 aliphatic heterocycles. The van der Waals surface area contributed by atoms with Crippen molar-refractivity contribution in [2.75, 3.05) is 26.7 Å². The van der Waals surface area contributed by atoms with Gasteiger partial charge >= 0.3 is 5.97 Å². The van der Waals surface area contributed by atoms with Gasteiger partial charge in [-0.3, -0.25) is 4.98 Å². The van der Waals surface area contributed by atoms with E-state index in [4.69, 9.17) is 4.42 Å². The molecule has 0 amide bonds. The molecule has 2 aromatic heterocycles. The maximum atomic E-state index is 13.2. The fraction of sp³-hybridized carbons (Fsp3) is 0.375. The van der Waals surface area contributed by atoms with E-state index < -0.39 is 16.0 Å². The van der Waals surface area contributed by atoms with Crippen molar-refractivity contribution < 1.29 is 22.4 Å². The predicted octanol–water partition coefficient (Wildman–Crippen LogP) is 1.10. The number of carbonyl (C=O) groups excluding carboxylic acids is 1. The van der Waals surface area contributed by atoms with Gasteiger partial charge < -0.3 is 14.5 Å². The topological polar surface area (TPSA) is 102 Å². The first-order valence-electron chi connectivity index (χ1n) is 7.76. The number of esters is 1. The molecular weight excluding hydrogens is 346 g/mol. The Morgan fingerprint density at radius 3 is 2.96 bits per heavy atom. The number of hydrogen-bond acceptors (Lipinski definition) is 7. The van der Waals surface area contributed by atoms with Gasteiger partial charge in [-0.2, -0.15) is 4.31 Å². The van der Waals surface area contributed by atoms with Crippen LogP contribution in [0.15, 0.2) is 39.9 Å². The molecule has 134 valence electrons. The summed E-state index contributed by atoms with van der Waals surface area (Å²) < 4.78 is 37.7. The molecule has 0 radical (unpaired) electrons. The van der Waals surface area contributed by atoms with Crippen molar-refractivity contribution in [1.82, 2.24) is 14.6 Å². The minimum Gasteiger partial charge on any atom is -0.463 e. The second-order valence-electron chi connectivity index (χ2n) is 5.64. The SMILES string of the molecule is COC(=O)c1cc(S(=O)(=O)N2CCNCC2c2cccnc2)c(C)o1. The zero-order valence-electron chi connectivity index (χ0n) is 13.9. The zero-order valence-corrected chi connectivity index (χ0v) is 14.7. The Balaban J connectivity index is 2.00. The van der Waals surface area contributed by atoms with Crippen molar-refractivity contribution in [1.29, 1.82) is 0 Å². The number of aromatic nitrogens is 1. The van der Waals surface area contributed by atoms with Crippen LogP contribution in [0.2, 0.25) is 0 Å². The van der Waals surface area contributed by atoms with Crippen LogP contribution in [0.5, 0.6) is 0 Å². The quantitative estimate of drug-likeness (QED) is 0.810. The number of furan rings is 1. The van der Waals surface area contributed by atoms with Crippen LogP contribution in [-0.2, 0) is 14.8 Å². The number of carbonyl (C=O) groups is 1. The summed E-state index contributed by atoms with van der Waals surface area (Å²) in [7, 11) is -2.64. The fourth-order valence-electron chi connectivity index (χ4n) is 2.88. The Hall–Kier alpha value is -2.23. The van der Waals surface area contributed by atoms with Crippen LogP contribution in [0.25, 0.3) is 0 Å². The number of rotatable bonds is 4. The average molecular weight is 365 g/mol. The molecule has 3 heterocycles. The second-order valence-corrected chi connectivity index (χ2v) is 7.50. The molecule has 1 unspecified atom stereocenters. The number of hydrogen-bond donors (Lipinski definition) is 1. The van der Waals surface area contributed by atoms with Gasteiger partial charge in [0.15, 0.2) is 0 Å². The first-order valence-corrected chi connectivity index (χ1v) is 9.20. The summed E-state index contributed by atoms with van der Waals surface area (Å²) in [5.74, 6) is -0.691. The highest BCUT2D eigenvalue weighted by Crippen LogP contribution is 2.31. The number of pyridine rings is 1. The lowest BCUT2D eigenvalue weighted by Gasteiger charge is -2.35. The van der Waals surface area contributed by atoms with Gasteiger partial charge in [0.1, 0.15) is 10.7 Å². The van der Waals surface area contributed by atoms with Crippen LogP contribution in [0, 0.1) is 6.92 Å². The molecule has 0 saturated carbocycles. The van der Waals surface area contributed by atoms with Crippen molar-refractivity contribution in [2.45, 2.75) is 17.9 Å². The van der Waals surface area contributed by atoms with E-state index in [1.54, 1.807) is 18.5 Å². The molecule has 2 aromatic rings. The molecule has 0 spiro atoms. The van der Waals surface area contributed by atoms with Gasteiger partial charge in [0.2, 0.25) is 15.8 Å². The molecule has 1 saturated heterocycles. The van der Waals surface area contributed by atoms with Crippen molar-refractivity contribution in [2.24, 2.45) is 0 Å². The Morgan fingerprint density at radius 2 is 2.28 bits per heavy atom. The number of piperazine rings is 1. The molecule has 1 atom stereocenters. The van der Waals surface area contributed by atoms with Gasteiger partial charge in [0.25, 0.3) is 0 Å². The van der Waals surface area contributed by atoms with Crippen LogP contribution in [-0.4, -0.2) is 50.4 Å². The van der Waals surface area contributed by atoms with E-state index in [0.29, 0.717) is 19.6 Å². The molecule has 1 fully saturated rings. The van der Waals surface area contributed by atoms with Crippen LogP contribution in [0.4, 0.5) is 0 Å². The Labute approximate surface area is 145 Å². The van der Waals surface area contributed by atoms with E-state index >= 15 is 0 Å². The van der Waals surface area contributed by atoms with Crippen molar-refractivity contribution >= 4 is 16.0 Å². The van der Waals surface area contributed by atoms with E-state index in [2.05, 4.69) is 15.0 Å². The predicted molar refractivity (Wildman–Crippen MR) is 88.5 cm³/mol. The standard InChI is InChI=1S/C16H19N3O5S/c1-11-15(8-14(24-11)16(20)23-2)25(21,22)19-7-6-18-10-13(19)12-4-3-5-17-9-12/h3-5,8-9,13,18H,6-7,10H2,1-2H3. The largest absolute Gasteiger partial charge is 0.463 e. The van der Waals surface area contributed by atoms with Crippen molar-refractivity contribution in [3.05, 3.63) is 47.7 Å². The summed E-state index contributed by atoms with van der Waals surface area (Å²) in [6.45, 7) is 2.84. The summed E-state index contributed by atoms with van der Waals surface area (Å²) in [5.41, 5.74) is 0.799. The first-order chi connectivity index (χ1) is 11.9. The minimum absolute atomic E-state index is 0.0244. The third-order valence-corrected chi connectivity index (χ3v) is 6.12. The van der Waals surface area contributed by atoms with E-state index in [1.165, 1.54) is 24.4 Å². The first kappa shape index (κ1) is 17.6. The van der Waals surface area contributed by atoms with Gasteiger partial charge in [-0.15, -0.1) is 0 Å². The minimum atomic E-state index is -3.85. The Morgan fingerprint density at radius 1 is 1.48 bits per heavy atom. The lowest BCUT2D eigenvalue weighted by atomic mass is 10.1. The fourth-order valence-corrected chi connectivity index (χ4v) is 4.66. The summed E-state index contributed by atoms with van der Waals surface area (Å²) in [6, 6.07) is 4.45. The number of sulfonamides is 1. The van der Waals surface area contributed by atoms with E-state index in [0.717, 1.165) is 5.56 Å². The van der Waals surface area contributed by atoms with Crippen molar-refractivity contribution in [3.63, 3.8) is 0 Å². The van der Waals surface area contributed by atoms with Gasteiger partial charge in [0, 0.05) is 38.1 Å². The molecular formula is C16H19N3O5S. The number of methoxy groups -OCH3 is 1. The molecule has 8 nitrogen and oxygen atoms in total. The molecule has 1 aliphatic rings. The van der Waals surface area contributed by atoms with Gasteiger partial charge in [-0.25, -0.2) is 13.2 Å². The highest BCUT2D eigenvalue weighted by molar-refractivity contribution is 7.89. The molecule has 3 rings (SSSR count). The summed E-state index contributed by atoms with van der Waals surface area (Å²) >= 11 is 0. The molecule has 9 heteroatoms. The van der Waals surface area contributed by atoms with Crippen LogP contribution < -0.4 is 5.32 Å². The maximum absolute atomic E-state index is 13.2. The normalized spacial score (nSPS) is 18.9.